The summed E-state index contributed by atoms with van der Waals surface area (Å²) in [6.07, 6.45) is -3.06. The number of halogens is 4. The van der Waals surface area contributed by atoms with E-state index in [1.54, 1.807) is 30.3 Å². The molecule has 1 aliphatic rings. The van der Waals surface area contributed by atoms with E-state index in [-0.39, 0.29) is 41.2 Å². The number of alkyl halides is 3. The molecule has 0 unspecified atom stereocenters. The molecule has 0 atom stereocenters. The Labute approximate surface area is 190 Å². The van der Waals surface area contributed by atoms with E-state index in [0.29, 0.717) is 17.0 Å². The Morgan fingerprint density at radius 1 is 1.19 bits per heavy atom. The maximum absolute atomic E-state index is 13.2. The van der Waals surface area contributed by atoms with Gasteiger partial charge in [-0.15, -0.1) is 11.8 Å². The normalized spacial score (nSPS) is 13.8. The van der Waals surface area contributed by atoms with Crippen LogP contribution in [0.5, 0.6) is 0 Å². The zero-order valence-electron chi connectivity index (χ0n) is 16.4. The molecule has 4 rings (SSSR count). The lowest BCUT2D eigenvalue weighted by atomic mass is 10.1. The minimum Gasteiger partial charge on any atom is -0.467 e. The van der Waals surface area contributed by atoms with Crippen molar-refractivity contribution in [3.05, 3.63) is 82.3 Å². The van der Waals surface area contributed by atoms with E-state index in [1.807, 2.05) is 0 Å². The van der Waals surface area contributed by atoms with E-state index in [4.69, 9.17) is 16.0 Å². The maximum Gasteiger partial charge on any atom is 0.416 e. The lowest BCUT2D eigenvalue weighted by Gasteiger charge is -2.29. The third-order valence-corrected chi connectivity index (χ3v) is 6.06. The van der Waals surface area contributed by atoms with Gasteiger partial charge in [-0.05, 0) is 54.1 Å². The van der Waals surface area contributed by atoms with Gasteiger partial charge in [0, 0.05) is 15.5 Å². The number of hydrogen-bond acceptors (Lipinski definition) is 4. The zero-order chi connectivity index (χ0) is 22.9. The molecule has 3 aromatic rings. The number of rotatable bonds is 5. The van der Waals surface area contributed by atoms with Gasteiger partial charge >= 0.3 is 6.18 Å². The Hall–Kier alpha value is -2.91. The van der Waals surface area contributed by atoms with E-state index in [1.165, 1.54) is 29.0 Å². The minimum atomic E-state index is -4.56. The van der Waals surface area contributed by atoms with Gasteiger partial charge in [-0.1, -0.05) is 11.6 Å². The fourth-order valence-electron chi connectivity index (χ4n) is 3.29. The Bertz CT molecular complexity index is 1170. The van der Waals surface area contributed by atoms with E-state index >= 15 is 0 Å². The van der Waals surface area contributed by atoms with Crippen LogP contribution in [0.3, 0.4) is 0 Å². The number of furan rings is 1. The van der Waals surface area contributed by atoms with Crippen molar-refractivity contribution in [3.63, 3.8) is 0 Å². The molecule has 0 fully saturated rings. The Morgan fingerprint density at radius 2 is 2.00 bits per heavy atom. The molecular weight excluding hydrogens is 465 g/mol. The van der Waals surface area contributed by atoms with Crippen LogP contribution in [-0.4, -0.2) is 17.6 Å². The van der Waals surface area contributed by atoms with Crippen molar-refractivity contribution < 1.29 is 27.2 Å². The highest BCUT2D eigenvalue weighted by atomic mass is 35.5. The Kier molecular flexibility index (Phi) is 6.21. The van der Waals surface area contributed by atoms with Crippen molar-refractivity contribution in [1.82, 2.24) is 5.32 Å². The number of anilines is 1. The highest BCUT2D eigenvalue weighted by molar-refractivity contribution is 8.00. The smallest absolute Gasteiger partial charge is 0.416 e. The van der Waals surface area contributed by atoms with Gasteiger partial charge in [0.15, 0.2) is 0 Å². The van der Waals surface area contributed by atoms with Crippen molar-refractivity contribution in [2.45, 2.75) is 24.2 Å². The summed E-state index contributed by atoms with van der Waals surface area (Å²) in [5, 5.41) is 2.66. The fraction of sp³-hybridized carbons (Fsp3) is 0.182. The lowest BCUT2D eigenvalue weighted by Crippen LogP contribution is -2.35. The Balaban J connectivity index is 1.60. The third-order valence-electron chi connectivity index (χ3n) is 4.79. The highest BCUT2D eigenvalue weighted by Crippen LogP contribution is 2.38. The quantitative estimate of drug-likeness (QED) is 0.522. The first-order chi connectivity index (χ1) is 15.2. The second-order valence-electron chi connectivity index (χ2n) is 7.06. The van der Waals surface area contributed by atoms with Crippen LogP contribution in [-0.2, 0) is 24.1 Å². The van der Waals surface area contributed by atoms with Crippen LogP contribution >= 0.6 is 23.4 Å². The summed E-state index contributed by atoms with van der Waals surface area (Å²) < 4.78 is 44.7. The molecule has 2 aromatic carbocycles. The second-order valence-corrected chi connectivity index (χ2v) is 8.51. The number of carbonyl (C=O) groups is 2. The molecule has 5 nitrogen and oxygen atoms in total. The third kappa shape index (κ3) is 4.94. The van der Waals surface area contributed by atoms with Crippen LogP contribution in [0, 0.1) is 0 Å². The van der Waals surface area contributed by atoms with Crippen LogP contribution in [0.25, 0.3) is 0 Å². The van der Waals surface area contributed by atoms with E-state index in [0.717, 1.165) is 17.0 Å². The molecule has 0 saturated carbocycles. The lowest BCUT2D eigenvalue weighted by molar-refractivity contribution is -0.137. The summed E-state index contributed by atoms with van der Waals surface area (Å²) in [7, 11) is 0. The summed E-state index contributed by atoms with van der Waals surface area (Å²) in [6, 6.07) is 11.6. The number of nitrogens with one attached hydrogen (secondary N) is 1. The standard InChI is InChI=1S/C22H16ClF3N2O3S/c23-16-7-13(6-15(9-16)22(24,25)26)11-28-18-8-14(3-4-19(18)32-12-20(28)29)21(30)27-10-17-2-1-5-31-17/h1-9H,10-12H2,(H,27,30). The van der Waals surface area contributed by atoms with Gasteiger partial charge in [0.1, 0.15) is 5.76 Å². The largest absolute Gasteiger partial charge is 0.467 e. The summed E-state index contributed by atoms with van der Waals surface area (Å²) in [4.78, 5) is 27.3. The number of fused-ring (bicyclic) bond motifs is 1. The molecule has 1 aliphatic heterocycles. The second kappa shape index (κ2) is 8.91. The van der Waals surface area contributed by atoms with Crippen LogP contribution in [0.1, 0.15) is 27.2 Å². The van der Waals surface area contributed by atoms with Gasteiger partial charge in [-0.25, -0.2) is 0 Å². The molecule has 0 saturated heterocycles. The van der Waals surface area contributed by atoms with Crippen LogP contribution in [0.15, 0.2) is 64.1 Å². The van der Waals surface area contributed by atoms with Gasteiger partial charge < -0.3 is 14.6 Å². The van der Waals surface area contributed by atoms with Crippen molar-refractivity contribution >= 4 is 40.9 Å². The van der Waals surface area contributed by atoms with Crippen molar-refractivity contribution in [3.8, 4) is 0 Å². The fourth-order valence-corrected chi connectivity index (χ4v) is 4.46. The predicted octanol–water partition coefficient (Wildman–Crippen LogP) is 5.52. The molecule has 0 spiro atoms. The molecule has 2 heterocycles. The molecule has 32 heavy (non-hydrogen) atoms. The number of carbonyl (C=O) groups excluding carboxylic acids is 2. The molecule has 1 aromatic heterocycles. The average molecular weight is 481 g/mol. The summed E-state index contributed by atoms with van der Waals surface area (Å²) >= 11 is 7.20. The summed E-state index contributed by atoms with van der Waals surface area (Å²) in [6.45, 7) is 0.0938. The first-order valence-electron chi connectivity index (χ1n) is 9.45. The van der Waals surface area contributed by atoms with E-state index in [9.17, 15) is 22.8 Å². The number of nitrogens with zero attached hydrogens (tertiary/aromatic N) is 1. The first kappa shape index (κ1) is 22.3. The maximum atomic E-state index is 13.2. The monoisotopic (exact) mass is 480 g/mol. The van der Waals surface area contributed by atoms with Crippen LogP contribution in [0.2, 0.25) is 5.02 Å². The number of benzene rings is 2. The van der Waals surface area contributed by atoms with Gasteiger partial charge in [0.05, 0.1) is 36.4 Å². The van der Waals surface area contributed by atoms with E-state index < -0.39 is 11.7 Å². The highest BCUT2D eigenvalue weighted by Gasteiger charge is 2.32. The predicted molar refractivity (Wildman–Crippen MR) is 115 cm³/mol. The molecule has 0 radical (unpaired) electrons. The van der Waals surface area contributed by atoms with Gasteiger partial charge in [-0.2, -0.15) is 13.2 Å². The van der Waals surface area contributed by atoms with Gasteiger partial charge in [0.2, 0.25) is 5.91 Å². The Morgan fingerprint density at radius 3 is 2.72 bits per heavy atom. The van der Waals surface area contributed by atoms with Crippen LogP contribution in [0.4, 0.5) is 18.9 Å². The first-order valence-corrected chi connectivity index (χ1v) is 10.8. The molecule has 0 bridgehead atoms. The van der Waals surface area contributed by atoms with Gasteiger partial charge in [-0.3, -0.25) is 9.59 Å². The zero-order valence-corrected chi connectivity index (χ0v) is 18.0. The van der Waals surface area contributed by atoms with Crippen molar-refractivity contribution in [2.75, 3.05) is 10.7 Å². The number of hydrogen-bond donors (Lipinski definition) is 1. The average Bonchev–Trinajstić information content (AvgIpc) is 3.26. The number of thioether (sulfide) groups is 1. The van der Waals surface area contributed by atoms with Crippen molar-refractivity contribution in [1.29, 1.82) is 0 Å². The molecular formula is C22H16ClF3N2O3S. The molecule has 1 N–H and O–H groups in total. The van der Waals surface area contributed by atoms with Crippen LogP contribution < -0.4 is 10.2 Å². The van der Waals surface area contributed by atoms with E-state index in [2.05, 4.69) is 5.32 Å². The molecule has 10 heteroatoms. The van der Waals surface area contributed by atoms with Gasteiger partial charge in [0.25, 0.3) is 5.91 Å². The summed E-state index contributed by atoms with van der Waals surface area (Å²) in [5.74, 6) is 0.0903. The van der Waals surface area contributed by atoms with Crippen molar-refractivity contribution in [2.24, 2.45) is 0 Å². The molecule has 2 amide bonds. The SMILES string of the molecule is O=C(NCc1ccco1)c1ccc2c(c1)N(Cc1cc(Cl)cc(C(F)(F)F)c1)C(=O)CS2. The number of amides is 2. The summed E-state index contributed by atoms with van der Waals surface area (Å²) in [5.41, 5.74) is 0.136. The molecule has 166 valence electrons. The topological polar surface area (TPSA) is 62.6 Å². The molecule has 0 aliphatic carbocycles. The minimum absolute atomic E-state index is 0.0695.